The first kappa shape index (κ1) is 14.0. The van der Waals surface area contributed by atoms with Crippen LogP contribution in [0.5, 0.6) is 0 Å². The lowest BCUT2D eigenvalue weighted by molar-refractivity contribution is -0.121. The van der Waals surface area contributed by atoms with Crippen molar-refractivity contribution in [2.75, 3.05) is 7.05 Å². The molecule has 1 aromatic heterocycles. The Bertz CT molecular complexity index is 399. The molecule has 0 aromatic carbocycles. The summed E-state index contributed by atoms with van der Waals surface area (Å²) in [7, 11) is 2.01. The SMILES string of the molecule is CNC1CCC(NC(=O)Cc2cc(Br)cs2)CC1. The zero-order valence-electron chi connectivity index (χ0n) is 10.5. The number of hydrogen-bond donors (Lipinski definition) is 2. The molecule has 1 aliphatic rings. The number of rotatable bonds is 4. The second-order valence-electron chi connectivity index (χ2n) is 4.81. The maximum Gasteiger partial charge on any atom is 0.225 e. The Kier molecular flexibility index (Phi) is 5.21. The molecule has 0 saturated heterocycles. The summed E-state index contributed by atoms with van der Waals surface area (Å²) in [6.45, 7) is 0. The lowest BCUT2D eigenvalue weighted by Crippen LogP contribution is -2.41. The number of halogens is 1. The van der Waals surface area contributed by atoms with E-state index >= 15 is 0 Å². The Balaban J connectivity index is 1.75. The van der Waals surface area contributed by atoms with Gasteiger partial charge in [0, 0.05) is 26.8 Å². The van der Waals surface area contributed by atoms with Gasteiger partial charge in [0.15, 0.2) is 0 Å². The van der Waals surface area contributed by atoms with Gasteiger partial charge >= 0.3 is 0 Å². The summed E-state index contributed by atoms with van der Waals surface area (Å²) in [6, 6.07) is 3.01. The summed E-state index contributed by atoms with van der Waals surface area (Å²) in [4.78, 5) is 13.0. The van der Waals surface area contributed by atoms with E-state index in [2.05, 4.69) is 26.6 Å². The first-order chi connectivity index (χ1) is 8.67. The van der Waals surface area contributed by atoms with E-state index < -0.39 is 0 Å². The lowest BCUT2D eigenvalue weighted by Gasteiger charge is -2.28. The summed E-state index contributed by atoms with van der Waals surface area (Å²) in [5.74, 6) is 0.150. The fourth-order valence-electron chi connectivity index (χ4n) is 2.41. The van der Waals surface area contributed by atoms with Gasteiger partial charge in [0.05, 0.1) is 6.42 Å². The van der Waals surface area contributed by atoms with Crippen LogP contribution in [-0.4, -0.2) is 25.0 Å². The third-order valence-electron chi connectivity index (χ3n) is 3.46. The van der Waals surface area contributed by atoms with Gasteiger partial charge in [0.2, 0.25) is 5.91 Å². The summed E-state index contributed by atoms with van der Waals surface area (Å²) in [6.07, 6.45) is 5.00. The van der Waals surface area contributed by atoms with Crippen LogP contribution in [-0.2, 0) is 11.2 Å². The van der Waals surface area contributed by atoms with Crippen molar-refractivity contribution >= 4 is 33.2 Å². The Morgan fingerprint density at radius 3 is 2.61 bits per heavy atom. The van der Waals surface area contributed by atoms with E-state index in [1.165, 1.54) is 0 Å². The van der Waals surface area contributed by atoms with Crippen LogP contribution in [0.2, 0.25) is 0 Å². The Morgan fingerprint density at radius 2 is 2.06 bits per heavy atom. The molecule has 18 heavy (non-hydrogen) atoms. The Morgan fingerprint density at radius 1 is 1.39 bits per heavy atom. The molecule has 0 unspecified atom stereocenters. The van der Waals surface area contributed by atoms with Crippen molar-refractivity contribution in [3.63, 3.8) is 0 Å². The van der Waals surface area contributed by atoms with Gasteiger partial charge in [-0.3, -0.25) is 4.79 Å². The molecule has 0 spiro atoms. The largest absolute Gasteiger partial charge is 0.353 e. The third-order valence-corrected chi connectivity index (χ3v) is 5.15. The number of nitrogens with one attached hydrogen (secondary N) is 2. The monoisotopic (exact) mass is 330 g/mol. The minimum Gasteiger partial charge on any atom is -0.353 e. The quantitative estimate of drug-likeness (QED) is 0.891. The summed E-state index contributed by atoms with van der Waals surface area (Å²) >= 11 is 5.03. The van der Waals surface area contributed by atoms with E-state index in [0.29, 0.717) is 18.5 Å². The fourth-order valence-corrected chi connectivity index (χ4v) is 3.86. The Hall–Kier alpha value is -0.390. The maximum absolute atomic E-state index is 11.9. The van der Waals surface area contributed by atoms with Crippen molar-refractivity contribution in [2.45, 2.75) is 44.2 Å². The predicted molar refractivity (Wildman–Crippen MR) is 79.0 cm³/mol. The van der Waals surface area contributed by atoms with E-state index in [9.17, 15) is 4.79 Å². The van der Waals surface area contributed by atoms with Gasteiger partial charge in [-0.15, -0.1) is 11.3 Å². The van der Waals surface area contributed by atoms with Crippen molar-refractivity contribution in [3.8, 4) is 0 Å². The fraction of sp³-hybridized carbons (Fsp3) is 0.615. The Labute approximate surface area is 120 Å². The van der Waals surface area contributed by atoms with Crippen molar-refractivity contribution in [2.24, 2.45) is 0 Å². The van der Waals surface area contributed by atoms with Crippen LogP contribution in [0, 0.1) is 0 Å². The topological polar surface area (TPSA) is 41.1 Å². The van der Waals surface area contributed by atoms with E-state index in [4.69, 9.17) is 0 Å². The zero-order chi connectivity index (χ0) is 13.0. The molecule has 1 heterocycles. The normalized spacial score (nSPS) is 23.9. The lowest BCUT2D eigenvalue weighted by atomic mass is 9.91. The molecular formula is C13H19BrN2OS. The summed E-state index contributed by atoms with van der Waals surface area (Å²) in [5, 5.41) is 8.46. The molecule has 2 rings (SSSR count). The van der Waals surface area contributed by atoms with Crippen molar-refractivity contribution < 1.29 is 4.79 Å². The molecule has 1 saturated carbocycles. The van der Waals surface area contributed by atoms with Gasteiger partial charge in [-0.05, 0) is 54.7 Å². The van der Waals surface area contributed by atoms with Crippen LogP contribution in [0.25, 0.3) is 0 Å². The number of carbonyl (C=O) groups is 1. The molecule has 100 valence electrons. The van der Waals surface area contributed by atoms with Crippen molar-refractivity contribution in [3.05, 3.63) is 20.8 Å². The third kappa shape index (κ3) is 4.07. The second kappa shape index (κ2) is 6.68. The van der Waals surface area contributed by atoms with Gasteiger partial charge in [-0.2, -0.15) is 0 Å². The highest BCUT2D eigenvalue weighted by Crippen LogP contribution is 2.21. The first-order valence-corrected chi connectivity index (χ1v) is 8.04. The standard InChI is InChI=1S/C13H19BrN2OS/c1-15-10-2-4-11(5-3-10)16-13(17)7-12-6-9(14)8-18-12/h6,8,10-11,15H,2-5,7H2,1H3,(H,16,17). The van der Waals surface area contributed by atoms with Crippen LogP contribution in [0.4, 0.5) is 0 Å². The molecule has 5 heteroatoms. The molecule has 0 bridgehead atoms. The van der Waals surface area contributed by atoms with Crippen LogP contribution in [0.1, 0.15) is 30.6 Å². The summed E-state index contributed by atoms with van der Waals surface area (Å²) < 4.78 is 1.06. The van der Waals surface area contributed by atoms with E-state index in [-0.39, 0.29) is 5.91 Å². The maximum atomic E-state index is 11.9. The molecule has 2 N–H and O–H groups in total. The van der Waals surface area contributed by atoms with E-state index in [1.54, 1.807) is 11.3 Å². The highest BCUT2D eigenvalue weighted by Gasteiger charge is 2.21. The number of thiophene rings is 1. The highest BCUT2D eigenvalue weighted by atomic mass is 79.9. The molecule has 0 atom stereocenters. The second-order valence-corrected chi connectivity index (χ2v) is 6.72. The first-order valence-electron chi connectivity index (χ1n) is 6.37. The zero-order valence-corrected chi connectivity index (χ0v) is 12.9. The number of carbonyl (C=O) groups excluding carboxylic acids is 1. The van der Waals surface area contributed by atoms with Crippen LogP contribution >= 0.6 is 27.3 Å². The van der Waals surface area contributed by atoms with E-state index in [0.717, 1.165) is 35.0 Å². The predicted octanol–water partition coefficient (Wildman–Crippen LogP) is 2.70. The van der Waals surface area contributed by atoms with Crippen LogP contribution in [0.3, 0.4) is 0 Å². The molecule has 1 fully saturated rings. The molecule has 1 amide bonds. The summed E-state index contributed by atoms with van der Waals surface area (Å²) in [5.41, 5.74) is 0. The van der Waals surface area contributed by atoms with E-state index in [1.807, 2.05) is 18.5 Å². The highest BCUT2D eigenvalue weighted by molar-refractivity contribution is 9.10. The minimum atomic E-state index is 0.150. The molecule has 0 aliphatic heterocycles. The smallest absolute Gasteiger partial charge is 0.225 e. The minimum absolute atomic E-state index is 0.150. The number of hydrogen-bond acceptors (Lipinski definition) is 3. The van der Waals surface area contributed by atoms with Gasteiger partial charge in [-0.1, -0.05) is 0 Å². The molecule has 0 radical (unpaired) electrons. The van der Waals surface area contributed by atoms with Crippen molar-refractivity contribution in [1.82, 2.24) is 10.6 Å². The van der Waals surface area contributed by atoms with Gasteiger partial charge in [-0.25, -0.2) is 0 Å². The van der Waals surface area contributed by atoms with Crippen LogP contribution in [0.15, 0.2) is 15.9 Å². The molecule has 3 nitrogen and oxygen atoms in total. The van der Waals surface area contributed by atoms with Gasteiger partial charge in [0.25, 0.3) is 0 Å². The molecule has 1 aliphatic carbocycles. The van der Waals surface area contributed by atoms with Crippen molar-refractivity contribution in [1.29, 1.82) is 0 Å². The average Bonchev–Trinajstić information content (AvgIpc) is 2.75. The van der Waals surface area contributed by atoms with Crippen LogP contribution < -0.4 is 10.6 Å². The van der Waals surface area contributed by atoms with Gasteiger partial charge in [0.1, 0.15) is 0 Å². The molecule has 1 aromatic rings. The molecular weight excluding hydrogens is 312 g/mol. The average molecular weight is 331 g/mol. The number of amides is 1. The van der Waals surface area contributed by atoms with Gasteiger partial charge < -0.3 is 10.6 Å².